The second kappa shape index (κ2) is 7.82. The van der Waals surface area contributed by atoms with E-state index in [-0.39, 0.29) is 24.2 Å². The van der Waals surface area contributed by atoms with Crippen LogP contribution in [0.5, 0.6) is 5.75 Å². The summed E-state index contributed by atoms with van der Waals surface area (Å²) in [7, 11) is -1.98. The van der Waals surface area contributed by atoms with Crippen molar-refractivity contribution in [3.8, 4) is 5.75 Å². The molecule has 0 aromatic heterocycles. The molecule has 2 rings (SSSR count). The summed E-state index contributed by atoms with van der Waals surface area (Å²) in [5.74, 6) is 0.865. The summed E-state index contributed by atoms with van der Waals surface area (Å²) in [5.41, 5.74) is 0.920. The second-order valence-corrected chi connectivity index (χ2v) is 8.39. The Morgan fingerprint density at radius 3 is 2.17 bits per heavy atom. The van der Waals surface area contributed by atoms with Gasteiger partial charge in [-0.05, 0) is 37.5 Å². The summed E-state index contributed by atoms with van der Waals surface area (Å²) in [6, 6.07) is 7.19. The molecule has 0 aliphatic carbocycles. The monoisotopic (exact) mass is 356 g/mol. The number of nitrogens with one attached hydrogen (secondary N) is 1. The number of morpholine rings is 1. The Kier molecular flexibility index (Phi) is 6.25. The molecule has 3 atom stereocenters. The van der Waals surface area contributed by atoms with E-state index in [4.69, 9.17) is 9.47 Å². The zero-order valence-corrected chi connectivity index (χ0v) is 15.8. The number of hydrogen-bond acceptors (Lipinski definition) is 4. The van der Waals surface area contributed by atoms with Gasteiger partial charge in [0.15, 0.2) is 0 Å². The molecule has 0 radical (unpaired) electrons. The van der Waals surface area contributed by atoms with Gasteiger partial charge < -0.3 is 9.47 Å². The van der Waals surface area contributed by atoms with Gasteiger partial charge >= 0.3 is 0 Å². The molecule has 1 fully saturated rings. The molecule has 1 aromatic rings. The molecule has 136 valence electrons. The molecule has 1 aromatic carbocycles. The zero-order valence-electron chi connectivity index (χ0n) is 15.0. The SMILES string of the molecule is COc1ccc([C@H](NS(=O)(=O)N2C[C@@H](C)O[C@H](C)C2)C(C)C)cc1. The van der Waals surface area contributed by atoms with Crippen LogP contribution in [0.4, 0.5) is 0 Å². The number of ether oxygens (including phenoxy) is 2. The van der Waals surface area contributed by atoms with Crippen LogP contribution in [-0.2, 0) is 14.9 Å². The Bertz CT molecular complexity index is 620. The first-order valence-corrected chi connectivity index (χ1v) is 9.73. The zero-order chi connectivity index (χ0) is 17.9. The van der Waals surface area contributed by atoms with Crippen molar-refractivity contribution in [3.63, 3.8) is 0 Å². The van der Waals surface area contributed by atoms with Crippen molar-refractivity contribution in [2.45, 2.75) is 45.9 Å². The van der Waals surface area contributed by atoms with E-state index >= 15 is 0 Å². The van der Waals surface area contributed by atoms with E-state index in [9.17, 15) is 8.42 Å². The van der Waals surface area contributed by atoms with Gasteiger partial charge in [-0.25, -0.2) is 0 Å². The summed E-state index contributed by atoms with van der Waals surface area (Å²) >= 11 is 0. The molecule has 0 saturated carbocycles. The normalized spacial score (nSPS) is 24.1. The van der Waals surface area contributed by atoms with E-state index in [0.29, 0.717) is 13.1 Å². The van der Waals surface area contributed by atoms with Gasteiger partial charge in [-0.3, -0.25) is 0 Å². The maximum absolute atomic E-state index is 12.8. The Morgan fingerprint density at radius 1 is 1.17 bits per heavy atom. The lowest BCUT2D eigenvalue weighted by molar-refractivity contribution is -0.0445. The maximum Gasteiger partial charge on any atom is 0.280 e. The number of rotatable bonds is 6. The van der Waals surface area contributed by atoms with Crippen LogP contribution in [-0.4, -0.2) is 45.1 Å². The first-order valence-electron chi connectivity index (χ1n) is 8.29. The maximum atomic E-state index is 12.8. The highest BCUT2D eigenvalue weighted by Gasteiger charge is 2.33. The summed E-state index contributed by atoms with van der Waals surface area (Å²) in [6.07, 6.45) is -0.215. The molecule has 0 spiro atoms. The van der Waals surface area contributed by atoms with Crippen LogP contribution in [0.1, 0.15) is 39.3 Å². The molecule has 1 aliphatic rings. The standard InChI is InChI=1S/C17H28N2O4S/c1-12(2)17(15-6-8-16(22-5)9-7-15)18-24(20,21)19-10-13(3)23-14(4)11-19/h6-9,12-14,17-18H,10-11H2,1-5H3/t13-,14-,17-/m1/s1. The van der Waals surface area contributed by atoms with Crippen LogP contribution in [0.3, 0.4) is 0 Å². The van der Waals surface area contributed by atoms with Crippen molar-refractivity contribution in [1.29, 1.82) is 0 Å². The largest absolute Gasteiger partial charge is 0.497 e. The van der Waals surface area contributed by atoms with Crippen molar-refractivity contribution in [2.75, 3.05) is 20.2 Å². The van der Waals surface area contributed by atoms with Crippen molar-refractivity contribution < 1.29 is 17.9 Å². The van der Waals surface area contributed by atoms with Gasteiger partial charge in [-0.15, -0.1) is 0 Å². The first kappa shape index (κ1) is 19.2. The Labute approximate surface area is 145 Å². The smallest absolute Gasteiger partial charge is 0.280 e. The van der Waals surface area contributed by atoms with Crippen molar-refractivity contribution in [2.24, 2.45) is 5.92 Å². The summed E-state index contributed by atoms with van der Waals surface area (Å²) < 4.78 is 40.8. The van der Waals surface area contributed by atoms with Gasteiger partial charge in [-0.2, -0.15) is 17.4 Å². The molecule has 7 heteroatoms. The second-order valence-electron chi connectivity index (χ2n) is 6.69. The Hall–Kier alpha value is -1.15. The molecule has 6 nitrogen and oxygen atoms in total. The molecule has 24 heavy (non-hydrogen) atoms. The Morgan fingerprint density at radius 2 is 1.71 bits per heavy atom. The minimum Gasteiger partial charge on any atom is -0.497 e. The number of hydrogen-bond donors (Lipinski definition) is 1. The highest BCUT2D eigenvalue weighted by atomic mass is 32.2. The lowest BCUT2D eigenvalue weighted by Crippen LogP contribution is -2.52. The summed E-state index contributed by atoms with van der Waals surface area (Å²) in [4.78, 5) is 0. The first-order chi connectivity index (χ1) is 11.2. The molecule has 0 bridgehead atoms. The van der Waals surface area contributed by atoms with Crippen LogP contribution in [0.2, 0.25) is 0 Å². The lowest BCUT2D eigenvalue weighted by atomic mass is 9.97. The third-order valence-electron chi connectivity index (χ3n) is 4.14. The average molecular weight is 356 g/mol. The van der Waals surface area contributed by atoms with Crippen LogP contribution in [0.15, 0.2) is 24.3 Å². The third-order valence-corrected chi connectivity index (χ3v) is 5.67. The molecule has 1 aliphatic heterocycles. The molecular weight excluding hydrogens is 328 g/mol. The number of benzene rings is 1. The number of nitrogens with zero attached hydrogens (tertiary/aromatic N) is 1. The van der Waals surface area contributed by atoms with E-state index in [1.165, 1.54) is 4.31 Å². The van der Waals surface area contributed by atoms with E-state index in [0.717, 1.165) is 11.3 Å². The van der Waals surface area contributed by atoms with Gasteiger partial charge in [-0.1, -0.05) is 26.0 Å². The molecular formula is C17H28N2O4S. The Balaban J connectivity index is 2.19. The highest BCUT2D eigenvalue weighted by molar-refractivity contribution is 7.87. The van der Waals surface area contributed by atoms with Crippen LogP contribution < -0.4 is 9.46 Å². The van der Waals surface area contributed by atoms with Crippen LogP contribution in [0, 0.1) is 5.92 Å². The van der Waals surface area contributed by atoms with Gasteiger partial charge in [0, 0.05) is 13.1 Å². The molecule has 1 N–H and O–H groups in total. The molecule has 1 saturated heterocycles. The topological polar surface area (TPSA) is 67.9 Å². The summed E-state index contributed by atoms with van der Waals surface area (Å²) in [6.45, 7) is 8.52. The predicted octanol–water partition coefficient (Wildman–Crippen LogP) is 2.34. The van der Waals surface area contributed by atoms with Gasteiger partial charge in [0.05, 0.1) is 25.4 Å². The van der Waals surface area contributed by atoms with Gasteiger partial charge in [0.1, 0.15) is 5.75 Å². The van der Waals surface area contributed by atoms with E-state index in [1.54, 1.807) is 7.11 Å². The quantitative estimate of drug-likeness (QED) is 0.849. The average Bonchev–Trinajstić information content (AvgIpc) is 2.51. The summed E-state index contributed by atoms with van der Waals surface area (Å²) in [5, 5.41) is 0. The molecule has 1 heterocycles. The van der Waals surface area contributed by atoms with Crippen LogP contribution in [0.25, 0.3) is 0 Å². The van der Waals surface area contributed by atoms with Crippen molar-refractivity contribution in [1.82, 2.24) is 9.03 Å². The number of methoxy groups -OCH3 is 1. The fourth-order valence-corrected chi connectivity index (χ4v) is 4.65. The highest BCUT2D eigenvalue weighted by Crippen LogP contribution is 2.26. The minimum absolute atomic E-state index is 0.108. The predicted molar refractivity (Wildman–Crippen MR) is 94.2 cm³/mol. The van der Waals surface area contributed by atoms with Crippen molar-refractivity contribution >= 4 is 10.2 Å². The third kappa shape index (κ3) is 4.69. The molecule has 0 unspecified atom stereocenters. The van der Waals surface area contributed by atoms with E-state index in [2.05, 4.69) is 4.72 Å². The van der Waals surface area contributed by atoms with E-state index < -0.39 is 10.2 Å². The van der Waals surface area contributed by atoms with Gasteiger partial charge in [0.2, 0.25) is 0 Å². The van der Waals surface area contributed by atoms with E-state index in [1.807, 2.05) is 52.0 Å². The van der Waals surface area contributed by atoms with Crippen molar-refractivity contribution in [3.05, 3.63) is 29.8 Å². The molecule has 0 amide bonds. The minimum atomic E-state index is -3.59. The van der Waals surface area contributed by atoms with Crippen LogP contribution >= 0.6 is 0 Å². The van der Waals surface area contributed by atoms with Gasteiger partial charge in [0.25, 0.3) is 10.2 Å². The fraction of sp³-hybridized carbons (Fsp3) is 0.647. The lowest BCUT2D eigenvalue weighted by Gasteiger charge is -2.35. The fourth-order valence-electron chi connectivity index (χ4n) is 2.96.